The number of carbonyl (C=O) groups is 2. The number of carbonyl (C=O) groups excluding carboxylic acids is 2. The number of hydrogen-bond donors (Lipinski definition) is 1. The van der Waals surface area contributed by atoms with E-state index >= 15 is 0 Å². The van der Waals surface area contributed by atoms with Crippen molar-refractivity contribution in [2.75, 3.05) is 38.8 Å². The quantitative estimate of drug-likeness (QED) is 0.255. The Morgan fingerprint density at radius 1 is 1.07 bits per heavy atom. The van der Waals surface area contributed by atoms with E-state index in [9.17, 15) is 14.7 Å². The Kier molecular flexibility index (Phi) is 10.9. The average molecular weight is 645 g/mol. The summed E-state index contributed by atoms with van der Waals surface area (Å²) in [4.78, 5) is 30.6. The summed E-state index contributed by atoms with van der Waals surface area (Å²) in [6.07, 6.45) is 2.18. The van der Waals surface area contributed by atoms with Crippen LogP contribution in [0.15, 0.2) is 72.8 Å². The van der Waals surface area contributed by atoms with E-state index in [0.29, 0.717) is 19.5 Å². The zero-order valence-corrected chi connectivity index (χ0v) is 28.8. The molecule has 1 N–H and O–H groups in total. The second-order valence-electron chi connectivity index (χ2n) is 13.1. The number of aliphatic hydroxyl groups is 1. The van der Waals surface area contributed by atoms with Gasteiger partial charge in [0.15, 0.2) is 0 Å². The topological polar surface area (TPSA) is 88.5 Å². The first-order valence-corrected chi connectivity index (χ1v) is 19.5. The molecule has 1 fully saturated rings. The standard InChI is InChI=1S/C37H48N2O6Si/c1-26-36(44-3)31-23-28(39-20-10-9-13-34(39)41)14-19-32(31)45-37(26)33(46(4,5)30-17-15-29(43-2)16-18-30)24-35(42)38(21-22-40)25-27-11-7-6-8-12-27/h6-8,11-12,14-19,23,26,33,36-37,40H,9-10,13,20-22,24-25H2,1-5H3/t26-,33?,36-,37-/m0/s1. The molecule has 246 valence electrons. The monoisotopic (exact) mass is 644 g/mol. The minimum absolute atomic E-state index is 0.00786. The number of anilines is 1. The molecular weight excluding hydrogens is 597 g/mol. The normalized spacial score (nSPS) is 20.4. The van der Waals surface area contributed by atoms with Gasteiger partial charge < -0.3 is 29.1 Å². The average Bonchev–Trinajstić information content (AvgIpc) is 3.07. The Morgan fingerprint density at radius 3 is 2.46 bits per heavy atom. The van der Waals surface area contributed by atoms with Gasteiger partial charge in [0.1, 0.15) is 17.6 Å². The Balaban J connectivity index is 1.51. The molecule has 5 rings (SSSR count). The molecule has 3 aromatic rings. The first kappa shape index (κ1) is 33.7. The molecule has 2 aliphatic heterocycles. The molecule has 0 radical (unpaired) electrons. The third-order valence-corrected chi connectivity index (χ3v) is 14.1. The Hall–Kier alpha value is -3.66. The van der Waals surface area contributed by atoms with Crippen molar-refractivity contribution in [1.29, 1.82) is 0 Å². The largest absolute Gasteiger partial charge is 0.497 e. The van der Waals surface area contributed by atoms with Crippen LogP contribution in [0.4, 0.5) is 5.69 Å². The van der Waals surface area contributed by atoms with Crippen molar-refractivity contribution in [3.05, 3.63) is 83.9 Å². The number of aliphatic hydroxyl groups excluding tert-OH is 1. The number of amides is 2. The van der Waals surface area contributed by atoms with Gasteiger partial charge in [0, 0.05) is 62.3 Å². The summed E-state index contributed by atoms with van der Waals surface area (Å²) in [5.74, 6) is 1.59. The predicted molar refractivity (Wildman–Crippen MR) is 183 cm³/mol. The lowest BCUT2D eigenvalue weighted by molar-refractivity contribution is -0.133. The maximum Gasteiger partial charge on any atom is 0.226 e. The Labute approximate surface area is 274 Å². The van der Waals surface area contributed by atoms with E-state index in [2.05, 4.69) is 38.2 Å². The number of hydrogen-bond acceptors (Lipinski definition) is 6. The zero-order chi connectivity index (χ0) is 32.8. The molecule has 2 amide bonds. The highest BCUT2D eigenvalue weighted by molar-refractivity contribution is 6.91. The van der Waals surface area contributed by atoms with Gasteiger partial charge in [-0.05, 0) is 48.7 Å². The number of rotatable bonds is 12. The summed E-state index contributed by atoms with van der Waals surface area (Å²) >= 11 is 0. The zero-order valence-electron chi connectivity index (χ0n) is 27.8. The van der Waals surface area contributed by atoms with Crippen molar-refractivity contribution in [3.63, 3.8) is 0 Å². The van der Waals surface area contributed by atoms with E-state index < -0.39 is 8.07 Å². The van der Waals surface area contributed by atoms with E-state index in [-0.39, 0.29) is 55.1 Å². The lowest BCUT2D eigenvalue weighted by atomic mass is 9.86. The molecule has 46 heavy (non-hydrogen) atoms. The van der Waals surface area contributed by atoms with E-state index in [1.165, 1.54) is 5.19 Å². The molecule has 8 nitrogen and oxygen atoms in total. The second kappa shape index (κ2) is 14.8. The van der Waals surface area contributed by atoms with Crippen LogP contribution in [-0.4, -0.2) is 69.9 Å². The van der Waals surface area contributed by atoms with Gasteiger partial charge in [-0.3, -0.25) is 9.59 Å². The molecule has 9 heteroatoms. The van der Waals surface area contributed by atoms with Crippen LogP contribution in [0.3, 0.4) is 0 Å². The van der Waals surface area contributed by atoms with Gasteiger partial charge in [-0.25, -0.2) is 0 Å². The summed E-state index contributed by atoms with van der Waals surface area (Å²) in [6, 6.07) is 24.1. The molecule has 2 aliphatic rings. The molecule has 0 spiro atoms. The van der Waals surface area contributed by atoms with Crippen LogP contribution in [0.2, 0.25) is 18.6 Å². The van der Waals surface area contributed by atoms with E-state index in [1.54, 1.807) is 19.1 Å². The van der Waals surface area contributed by atoms with Gasteiger partial charge >= 0.3 is 0 Å². The van der Waals surface area contributed by atoms with Crippen molar-refractivity contribution < 1.29 is 28.9 Å². The van der Waals surface area contributed by atoms with Gasteiger partial charge in [0.2, 0.25) is 11.8 Å². The fourth-order valence-electron chi connectivity index (χ4n) is 7.16. The molecule has 0 aromatic heterocycles. The van der Waals surface area contributed by atoms with Crippen molar-refractivity contribution in [2.45, 2.75) is 70.0 Å². The van der Waals surface area contributed by atoms with Crippen LogP contribution in [-0.2, 0) is 20.9 Å². The van der Waals surface area contributed by atoms with Gasteiger partial charge in [0.25, 0.3) is 0 Å². The highest BCUT2D eigenvalue weighted by Crippen LogP contribution is 2.48. The van der Waals surface area contributed by atoms with Crippen molar-refractivity contribution in [2.24, 2.45) is 5.92 Å². The SMILES string of the molecule is COc1ccc([Si](C)(C)C(CC(=O)N(CCO)Cc2ccccc2)[C@H]2Oc3ccc(N4CCCCC4=O)cc3[C@@H](OC)[C@@H]2C)cc1. The summed E-state index contributed by atoms with van der Waals surface area (Å²) in [5.41, 5.74) is 2.71. The number of fused-ring (bicyclic) bond motifs is 1. The Bertz CT molecular complexity index is 1480. The van der Waals surface area contributed by atoms with Crippen LogP contribution < -0.4 is 19.6 Å². The first-order chi connectivity index (χ1) is 22.2. The fraction of sp³-hybridized carbons (Fsp3) is 0.459. The molecule has 0 aliphatic carbocycles. The molecule has 4 atom stereocenters. The van der Waals surface area contributed by atoms with Crippen LogP contribution >= 0.6 is 0 Å². The third kappa shape index (κ3) is 7.16. The number of benzene rings is 3. The Morgan fingerprint density at radius 2 is 1.80 bits per heavy atom. The van der Waals surface area contributed by atoms with Gasteiger partial charge in [-0.15, -0.1) is 0 Å². The van der Waals surface area contributed by atoms with E-state index in [1.807, 2.05) is 59.5 Å². The van der Waals surface area contributed by atoms with Gasteiger partial charge in [-0.1, -0.05) is 67.7 Å². The van der Waals surface area contributed by atoms with Crippen LogP contribution in [0.25, 0.3) is 0 Å². The fourth-order valence-corrected chi connectivity index (χ4v) is 10.5. The van der Waals surface area contributed by atoms with Gasteiger partial charge in [0.05, 0.1) is 27.9 Å². The maximum atomic E-state index is 14.2. The van der Waals surface area contributed by atoms with Gasteiger partial charge in [-0.2, -0.15) is 0 Å². The molecule has 1 unspecified atom stereocenters. The smallest absolute Gasteiger partial charge is 0.226 e. The van der Waals surface area contributed by atoms with Crippen molar-refractivity contribution >= 4 is 30.8 Å². The van der Waals surface area contributed by atoms with E-state index in [0.717, 1.165) is 41.2 Å². The molecule has 3 aromatic carbocycles. The third-order valence-electron chi connectivity index (χ3n) is 9.94. The molecule has 2 heterocycles. The first-order valence-electron chi connectivity index (χ1n) is 16.4. The van der Waals surface area contributed by atoms with Crippen molar-refractivity contribution in [1.82, 2.24) is 4.90 Å². The molecule has 1 saturated heterocycles. The maximum absolute atomic E-state index is 14.2. The number of ether oxygens (including phenoxy) is 3. The summed E-state index contributed by atoms with van der Waals surface area (Å²) in [6.45, 7) is 8.05. The summed E-state index contributed by atoms with van der Waals surface area (Å²) in [7, 11) is 0.977. The highest BCUT2D eigenvalue weighted by Gasteiger charge is 2.48. The predicted octanol–water partition coefficient (Wildman–Crippen LogP) is 5.69. The number of piperidine rings is 1. The minimum Gasteiger partial charge on any atom is -0.497 e. The number of methoxy groups -OCH3 is 2. The lowest BCUT2D eigenvalue weighted by Gasteiger charge is -2.46. The second-order valence-corrected chi connectivity index (χ2v) is 17.9. The highest BCUT2D eigenvalue weighted by atomic mass is 28.3. The summed E-state index contributed by atoms with van der Waals surface area (Å²) in [5, 5.41) is 11.1. The summed E-state index contributed by atoms with van der Waals surface area (Å²) < 4.78 is 18.6. The van der Waals surface area contributed by atoms with Crippen LogP contribution in [0, 0.1) is 5.92 Å². The van der Waals surface area contributed by atoms with Crippen LogP contribution in [0.5, 0.6) is 11.5 Å². The van der Waals surface area contributed by atoms with Crippen molar-refractivity contribution in [3.8, 4) is 11.5 Å². The number of nitrogens with zero attached hydrogens (tertiary/aromatic N) is 2. The molecular formula is C37H48N2O6Si. The lowest BCUT2D eigenvalue weighted by Crippen LogP contribution is -2.55. The van der Waals surface area contributed by atoms with Crippen LogP contribution in [0.1, 0.15) is 49.8 Å². The molecule has 0 bridgehead atoms. The van der Waals surface area contributed by atoms with E-state index in [4.69, 9.17) is 14.2 Å². The molecule has 0 saturated carbocycles. The minimum atomic E-state index is -2.41.